The number of nitrogens with zero attached hydrogens (tertiary/aromatic N) is 2. The zero-order valence-corrected chi connectivity index (χ0v) is 17.5. The molecule has 1 fully saturated rings. The number of hydrogen-bond donors (Lipinski definition) is 2. The van der Waals surface area contributed by atoms with Gasteiger partial charge in [0.2, 0.25) is 0 Å². The van der Waals surface area contributed by atoms with Crippen molar-refractivity contribution in [1.29, 1.82) is 0 Å². The van der Waals surface area contributed by atoms with E-state index in [1.165, 1.54) is 10.4 Å². The summed E-state index contributed by atoms with van der Waals surface area (Å²) in [6.45, 7) is 5.19. The monoisotopic (exact) mass is 402 g/mol. The van der Waals surface area contributed by atoms with E-state index in [2.05, 4.69) is 50.2 Å². The molecular weight excluding hydrogens is 372 g/mol. The summed E-state index contributed by atoms with van der Waals surface area (Å²) in [7, 11) is 3.50. The average molecular weight is 403 g/mol. The van der Waals surface area contributed by atoms with Gasteiger partial charge in [0.1, 0.15) is 5.75 Å². The third-order valence-electron chi connectivity index (χ3n) is 4.91. The maximum absolute atomic E-state index is 5.52. The summed E-state index contributed by atoms with van der Waals surface area (Å²) in [6, 6.07) is 12.9. The highest BCUT2D eigenvalue weighted by atomic mass is 32.1. The summed E-state index contributed by atoms with van der Waals surface area (Å²) in [4.78, 5) is 8.25. The van der Waals surface area contributed by atoms with Crippen LogP contribution in [0, 0.1) is 0 Å². The lowest BCUT2D eigenvalue weighted by Gasteiger charge is -2.34. The van der Waals surface area contributed by atoms with Crippen molar-refractivity contribution < 1.29 is 9.47 Å². The van der Waals surface area contributed by atoms with Gasteiger partial charge in [0.25, 0.3) is 0 Å². The van der Waals surface area contributed by atoms with Crippen molar-refractivity contribution >= 4 is 17.3 Å². The van der Waals surface area contributed by atoms with Gasteiger partial charge in [-0.2, -0.15) is 0 Å². The molecule has 2 heterocycles. The van der Waals surface area contributed by atoms with Crippen LogP contribution in [0.15, 0.2) is 46.8 Å². The highest BCUT2D eigenvalue weighted by molar-refractivity contribution is 7.10. The van der Waals surface area contributed by atoms with Crippen molar-refractivity contribution in [2.24, 2.45) is 4.99 Å². The highest BCUT2D eigenvalue weighted by Gasteiger charge is 2.23. The number of thiophene rings is 1. The molecule has 3 rings (SSSR count). The lowest BCUT2D eigenvalue weighted by atomic mass is 10.1. The predicted molar refractivity (Wildman–Crippen MR) is 116 cm³/mol. The Morgan fingerprint density at radius 1 is 1.21 bits per heavy atom. The van der Waals surface area contributed by atoms with E-state index < -0.39 is 0 Å². The zero-order valence-electron chi connectivity index (χ0n) is 16.7. The van der Waals surface area contributed by atoms with Crippen molar-refractivity contribution in [2.75, 3.05) is 53.6 Å². The van der Waals surface area contributed by atoms with Gasteiger partial charge in [0, 0.05) is 38.1 Å². The maximum Gasteiger partial charge on any atom is 0.191 e. The summed E-state index contributed by atoms with van der Waals surface area (Å²) >= 11 is 1.81. The molecule has 6 nitrogen and oxygen atoms in total. The first-order valence-electron chi connectivity index (χ1n) is 9.73. The topological polar surface area (TPSA) is 58.1 Å². The van der Waals surface area contributed by atoms with Gasteiger partial charge in [0.15, 0.2) is 5.96 Å². The van der Waals surface area contributed by atoms with Crippen molar-refractivity contribution in [2.45, 2.75) is 12.5 Å². The van der Waals surface area contributed by atoms with Crippen molar-refractivity contribution in [3.05, 3.63) is 52.2 Å². The summed E-state index contributed by atoms with van der Waals surface area (Å²) in [6.07, 6.45) is 0.933. The van der Waals surface area contributed by atoms with Crippen LogP contribution in [-0.2, 0) is 11.2 Å². The minimum absolute atomic E-state index is 0.337. The zero-order chi connectivity index (χ0) is 19.6. The van der Waals surface area contributed by atoms with E-state index in [0.29, 0.717) is 6.04 Å². The second-order valence-corrected chi connectivity index (χ2v) is 7.64. The smallest absolute Gasteiger partial charge is 0.191 e. The quantitative estimate of drug-likeness (QED) is 0.525. The van der Waals surface area contributed by atoms with Crippen LogP contribution in [0.5, 0.6) is 5.75 Å². The third-order valence-corrected chi connectivity index (χ3v) is 5.88. The molecule has 28 heavy (non-hydrogen) atoms. The van der Waals surface area contributed by atoms with E-state index in [1.807, 2.05) is 30.5 Å². The molecule has 1 aliphatic heterocycles. The standard InChI is InChI=1S/C21H30N4O2S/c1-22-21(23-10-9-17-5-7-18(26-2)8-6-17)24-16-19(20-4-3-15-28-20)25-11-13-27-14-12-25/h3-8,15,19H,9-14,16H2,1-2H3,(H2,22,23,24). The minimum Gasteiger partial charge on any atom is -0.497 e. The second-order valence-electron chi connectivity index (χ2n) is 6.66. The molecule has 2 aromatic rings. The number of ether oxygens (including phenoxy) is 2. The minimum atomic E-state index is 0.337. The number of hydrogen-bond acceptors (Lipinski definition) is 5. The number of guanidine groups is 1. The number of benzene rings is 1. The van der Waals surface area contributed by atoms with Crippen LogP contribution in [0.1, 0.15) is 16.5 Å². The molecule has 0 radical (unpaired) electrons. The molecule has 152 valence electrons. The molecule has 0 spiro atoms. The molecule has 0 amide bonds. The Morgan fingerprint density at radius 2 is 2.00 bits per heavy atom. The van der Waals surface area contributed by atoms with Gasteiger partial charge in [0.05, 0.1) is 26.4 Å². The summed E-state index contributed by atoms with van der Waals surface area (Å²) in [5.74, 6) is 1.72. The fourth-order valence-electron chi connectivity index (χ4n) is 3.31. The predicted octanol–water partition coefficient (Wildman–Crippen LogP) is 2.54. The number of rotatable bonds is 8. The molecular formula is C21H30N4O2S. The summed E-state index contributed by atoms with van der Waals surface area (Å²) in [5, 5.41) is 9.06. The SMILES string of the molecule is CN=C(NCCc1ccc(OC)cc1)NCC(c1cccs1)N1CCOCC1. The van der Waals surface area contributed by atoms with E-state index in [4.69, 9.17) is 9.47 Å². The Kier molecular flexibility index (Phi) is 8.14. The molecule has 7 heteroatoms. The molecule has 1 atom stereocenters. The Hall–Kier alpha value is -2.09. The lowest BCUT2D eigenvalue weighted by Crippen LogP contribution is -2.46. The largest absolute Gasteiger partial charge is 0.497 e. The van der Waals surface area contributed by atoms with Crippen molar-refractivity contribution in [3.63, 3.8) is 0 Å². The Morgan fingerprint density at radius 3 is 2.64 bits per heavy atom. The fraction of sp³-hybridized carbons (Fsp3) is 0.476. The Balaban J connectivity index is 1.49. The van der Waals surface area contributed by atoms with Gasteiger partial charge in [-0.1, -0.05) is 18.2 Å². The van der Waals surface area contributed by atoms with Crippen LogP contribution in [0.3, 0.4) is 0 Å². The Labute approximate surface area is 171 Å². The van der Waals surface area contributed by atoms with E-state index in [-0.39, 0.29) is 0 Å². The average Bonchev–Trinajstić information content (AvgIpc) is 3.28. The van der Waals surface area contributed by atoms with Gasteiger partial charge >= 0.3 is 0 Å². The van der Waals surface area contributed by atoms with E-state index in [9.17, 15) is 0 Å². The van der Waals surface area contributed by atoms with Crippen molar-refractivity contribution in [3.8, 4) is 5.75 Å². The normalized spacial score (nSPS) is 16.6. The number of aliphatic imine (C=N–C) groups is 1. The van der Waals surface area contributed by atoms with E-state index >= 15 is 0 Å². The molecule has 2 N–H and O–H groups in total. The molecule has 1 aromatic carbocycles. The van der Waals surface area contributed by atoms with Crippen LogP contribution in [0.4, 0.5) is 0 Å². The number of morpholine rings is 1. The van der Waals surface area contributed by atoms with Crippen LogP contribution in [0.25, 0.3) is 0 Å². The van der Waals surface area contributed by atoms with Crippen LogP contribution < -0.4 is 15.4 Å². The highest BCUT2D eigenvalue weighted by Crippen LogP contribution is 2.25. The van der Waals surface area contributed by atoms with Gasteiger partial charge in [-0.3, -0.25) is 9.89 Å². The molecule has 1 saturated heterocycles. The fourth-order valence-corrected chi connectivity index (χ4v) is 4.17. The number of methoxy groups -OCH3 is 1. The summed E-state index contributed by atoms with van der Waals surface area (Å²) < 4.78 is 10.7. The van der Waals surface area contributed by atoms with Crippen molar-refractivity contribution in [1.82, 2.24) is 15.5 Å². The van der Waals surface area contributed by atoms with E-state index in [1.54, 1.807) is 7.11 Å². The molecule has 0 aliphatic carbocycles. The number of nitrogens with one attached hydrogen (secondary N) is 2. The van der Waals surface area contributed by atoms with Gasteiger partial charge in [-0.05, 0) is 35.6 Å². The molecule has 1 aromatic heterocycles. The second kappa shape index (κ2) is 11.0. The molecule has 0 bridgehead atoms. The van der Waals surface area contributed by atoms with Crippen LogP contribution >= 0.6 is 11.3 Å². The third kappa shape index (κ3) is 5.95. The van der Waals surface area contributed by atoms with Gasteiger partial charge in [-0.25, -0.2) is 0 Å². The van der Waals surface area contributed by atoms with E-state index in [0.717, 1.165) is 57.5 Å². The lowest BCUT2D eigenvalue weighted by molar-refractivity contribution is 0.0177. The molecule has 1 unspecified atom stereocenters. The van der Waals surface area contributed by atoms with Gasteiger partial charge < -0.3 is 20.1 Å². The van der Waals surface area contributed by atoms with Gasteiger partial charge in [-0.15, -0.1) is 11.3 Å². The first-order valence-corrected chi connectivity index (χ1v) is 10.6. The van der Waals surface area contributed by atoms with Crippen LogP contribution in [-0.4, -0.2) is 64.4 Å². The Bertz CT molecular complexity index is 713. The molecule has 0 saturated carbocycles. The molecule has 1 aliphatic rings. The first kappa shape index (κ1) is 20.6. The maximum atomic E-state index is 5.52. The summed E-state index contributed by atoms with van der Waals surface area (Å²) in [5.41, 5.74) is 1.27. The first-order chi connectivity index (χ1) is 13.8. The van der Waals surface area contributed by atoms with Crippen LogP contribution in [0.2, 0.25) is 0 Å².